The SMILES string of the molecule is O=C(NNC(=O)c1ccc(-c2ccccc2)cc1)C(=O)NC1CC1. The number of nitrogens with one attached hydrogen (secondary N) is 3. The van der Waals surface area contributed by atoms with Crippen LogP contribution in [0, 0.1) is 0 Å². The average Bonchev–Trinajstić information content (AvgIpc) is 3.44. The molecule has 0 heterocycles. The molecule has 1 fully saturated rings. The van der Waals surface area contributed by atoms with Gasteiger partial charge in [-0.15, -0.1) is 0 Å². The second-order valence-electron chi connectivity index (χ2n) is 5.60. The van der Waals surface area contributed by atoms with Gasteiger partial charge in [0.25, 0.3) is 5.91 Å². The van der Waals surface area contributed by atoms with Gasteiger partial charge in [-0.2, -0.15) is 0 Å². The first-order valence-corrected chi connectivity index (χ1v) is 7.70. The number of rotatable bonds is 3. The smallest absolute Gasteiger partial charge is 0.327 e. The molecule has 2 aromatic carbocycles. The maximum Gasteiger partial charge on any atom is 0.327 e. The first-order valence-electron chi connectivity index (χ1n) is 7.70. The minimum atomic E-state index is -0.879. The van der Waals surface area contributed by atoms with Crippen molar-refractivity contribution in [3.8, 4) is 11.1 Å². The lowest BCUT2D eigenvalue weighted by atomic mass is 10.0. The Labute approximate surface area is 139 Å². The highest BCUT2D eigenvalue weighted by Crippen LogP contribution is 2.19. The minimum Gasteiger partial charge on any atom is -0.345 e. The van der Waals surface area contributed by atoms with Gasteiger partial charge >= 0.3 is 11.8 Å². The Hall–Kier alpha value is -3.15. The molecule has 24 heavy (non-hydrogen) atoms. The summed E-state index contributed by atoms with van der Waals surface area (Å²) < 4.78 is 0. The monoisotopic (exact) mass is 323 g/mol. The summed E-state index contributed by atoms with van der Waals surface area (Å²) in [6, 6.07) is 16.8. The van der Waals surface area contributed by atoms with Gasteiger partial charge in [0.1, 0.15) is 0 Å². The number of hydrazine groups is 1. The Morgan fingerprint density at radius 2 is 1.38 bits per heavy atom. The normalized spacial score (nSPS) is 13.0. The molecule has 1 aliphatic carbocycles. The number of amides is 3. The van der Waals surface area contributed by atoms with Gasteiger partial charge < -0.3 is 5.32 Å². The maximum absolute atomic E-state index is 12.0. The van der Waals surface area contributed by atoms with Crippen LogP contribution in [0.5, 0.6) is 0 Å². The van der Waals surface area contributed by atoms with E-state index in [0.717, 1.165) is 24.0 Å². The molecule has 0 saturated heterocycles. The van der Waals surface area contributed by atoms with E-state index in [0.29, 0.717) is 5.56 Å². The molecule has 3 amide bonds. The summed E-state index contributed by atoms with van der Waals surface area (Å²) in [5.74, 6) is -2.10. The first kappa shape index (κ1) is 15.7. The maximum atomic E-state index is 12.0. The molecule has 2 aromatic rings. The van der Waals surface area contributed by atoms with E-state index in [1.165, 1.54) is 0 Å². The molecule has 0 bridgehead atoms. The van der Waals surface area contributed by atoms with Crippen LogP contribution < -0.4 is 16.2 Å². The van der Waals surface area contributed by atoms with Crippen LogP contribution in [-0.4, -0.2) is 23.8 Å². The Balaban J connectivity index is 1.55. The van der Waals surface area contributed by atoms with Crippen molar-refractivity contribution in [2.45, 2.75) is 18.9 Å². The fourth-order valence-electron chi connectivity index (χ4n) is 2.17. The van der Waals surface area contributed by atoms with E-state index < -0.39 is 17.7 Å². The lowest BCUT2D eigenvalue weighted by Crippen LogP contribution is -2.48. The van der Waals surface area contributed by atoms with Crippen LogP contribution >= 0.6 is 0 Å². The topological polar surface area (TPSA) is 87.3 Å². The second-order valence-corrected chi connectivity index (χ2v) is 5.60. The zero-order valence-corrected chi connectivity index (χ0v) is 12.9. The Morgan fingerprint density at radius 3 is 2.00 bits per heavy atom. The third-order valence-electron chi connectivity index (χ3n) is 3.66. The number of benzene rings is 2. The summed E-state index contributed by atoms with van der Waals surface area (Å²) in [5.41, 5.74) is 6.77. The van der Waals surface area contributed by atoms with Crippen molar-refractivity contribution in [1.29, 1.82) is 0 Å². The second kappa shape index (κ2) is 6.95. The highest BCUT2D eigenvalue weighted by molar-refractivity contribution is 6.35. The predicted octanol–water partition coefficient (Wildman–Crippen LogP) is 1.39. The summed E-state index contributed by atoms with van der Waals surface area (Å²) in [5, 5.41) is 2.54. The Kier molecular flexibility index (Phi) is 4.56. The minimum absolute atomic E-state index is 0.0875. The third-order valence-corrected chi connectivity index (χ3v) is 3.66. The van der Waals surface area contributed by atoms with E-state index in [4.69, 9.17) is 0 Å². The molecule has 0 radical (unpaired) electrons. The number of hydrogen-bond acceptors (Lipinski definition) is 3. The van der Waals surface area contributed by atoms with Crippen molar-refractivity contribution in [3.63, 3.8) is 0 Å². The molecule has 6 nitrogen and oxygen atoms in total. The fraction of sp³-hybridized carbons (Fsp3) is 0.167. The standard InChI is InChI=1S/C18H17N3O3/c22-16(20-21-18(24)17(23)19-15-10-11-15)14-8-6-13(7-9-14)12-4-2-1-3-5-12/h1-9,15H,10-11H2,(H,19,23)(H,20,22)(H,21,24). The third kappa shape index (κ3) is 3.98. The first-order chi connectivity index (χ1) is 11.6. The van der Waals surface area contributed by atoms with Gasteiger partial charge in [0.15, 0.2) is 0 Å². The predicted molar refractivity (Wildman–Crippen MR) is 88.7 cm³/mol. The van der Waals surface area contributed by atoms with Gasteiger partial charge in [0.2, 0.25) is 0 Å². The molecule has 1 aliphatic rings. The molecule has 0 spiro atoms. The van der Waals surface area contributed by atoms with Gasteiger partial charge in [0, 0.05) is 11.6 Å². The van der Waals surface area contributed by atoms with Crippen molar-refractivity contribution in [3.05, 3.63) is 60.2 Å². The Bertz CT molecular complexity index is 753. The molecule has 1 saturated carbocycles. The van der Waals surface area contributed by atoms with E-state index in [1.54, 1.807) is 12.1 Å². The summed E-state index contributed by atoms with van der Waals surface area (Å²) >= 11 is 0. The van der Waals surface area contributed by atoms with Crippen molar-refractivity contribution < 1.29 is 14.4 Å². The van der Waals surface area contributed by atoms with E-state index >= 15 is 0 Å². The summed E-state index contributed by atoms with van der Waals surface area (Å²) in [7, 11) is 0. The summed E-state index contributed by atoms with van der Waals surface area (Å²) in [6.07, 6.45) is 1.78. The van der Waals surface area contributed by atoms with Crippen molar-refractivity contribution >= 4 is 17.7 Å². The number of carbonyl (C=O) groups excluding carboxylic acids is 3. The molecular weight excluding hydrogens is 306 g/mol. The Morgan fingerprint density at radius 1 is 0.750 bits per heavy atom. The van der Waals surface area contributed by atoms with Crippen LogP contribution in [-0.2, 0) is 9.59 Å². The van der Waals surface area contributed by atoms with Crippen LogP contribution in [0.25, 0.3) is 11.1 Å². The van der Waals surface area contributed by atoms with Crippen molar-refractivity contribution in [1.82, 2.24) is 16.2 Å². The number of hydrogen-bond donors (Lipinski definition) is 3. The molecular formula is C18H17N3O3. The molecule has 0 aromatic heterocycles. The fourth-order valence-corrected chi connectivity index (χ4v) is 2.17. The zero-order chi connectivity index (χ0) is 16.9. The highest BCUT2D eigenvalue weighted by atomic mass is 16.2. The molecule has 0 aliphatic heterocycles. The van der Waals surface area contributed by atoms with Crippen LogP contribution in [0.1, 0.15) is 23.2 Å². The van der Waals surface area contributed by atoms with E-state index in [1.807, 2.05) is 42.5 Å². The largest absolute Gasteiger partial charge is 0.345 e. The molecule has 0 unspecified atom stereocenters. The van der Waals surface area contributed by atoms with Crippen LogP contribution in [0.3, 0.4) is 0 Å². The zero-order valence-electron chi connectivity index (χ0n) is 12.9. The van der Waals surface area contributed by atoms with Gasteiger partial charge in [0.05, 0.1) is 0 Å². The lowest BCUT2D eigenvalue weighted by molar-refractivity contribution is -0.139. The molecule has 6 heteroatoms. The van der Waals surface area contributed by atoms with E-state index in [9.17, 15) is 14.4 Å². The van der Waals surface area contributed by atoms with Crippen LogP contribution in [0.4, 0.5) is 0 Å². The highest BCUT2D eigenvalue weighted by Gasteiger charge is 2.26. The molecule has 3 N–H and O–H groups in total. The molecule has 122 valence electrons. The molecule has 0 atom stereocenters. The number of carbonyl (C=O) groups is 3. The quantitative estimate of drug-likeness (QED) is 0.589. The van der Waals surface area contributed by atoms with Gasteiger partial charge in [-0.3, -0.25) is 25.2 Å². The molecule has 3 rings (SSSR count). The summed E-state index contributed by atoms with van der Waals surface area (Å²) in [4.78, 5) is 35.0. The lowest BCUT2D eigenvalue weighted by Gasteiger charge is -2.08. The van der Waals surface area contributed by atoms with E-state index in [-0.39, 0.29) is 6.04 Å². The van der Waals surface area contributed by atoms with Gasteiger partial charge in [-0.25, -0.2) is 0 Å². The van der Waals surface area contributed by atoms with Crippen LogP contribution in [0.2, 0.25) is 0 Å². The van der Waals surface area contributed by atoms with Crippen molar-refractivity contribution in [2.75, 3.05) is 0 Å². The summed E-state index contributed by atoms with van der Waals surface area (Å²) in [6.45, 7) is 0. The van der Waals surface area contributed by atoms with E-state index in [2.05, 4.69) is 16.2 Å². The van der Waals surface area contributed by atoms with Gasteiger partial charge in [-0.1, -0.05) is 42.5 Å². The van der Waals surface area contributed by atoms with Crippen molar-refractivity contribution in [2.24, 2.45) is 0 Å². The average molecular weight is 323 g/mol. The van der Waals surface area contributed by atoms with Crippen LogP contribution in [0.15, 0.2) is 54.6 Å². The van der Waals surface area contributed by atoms with Gasteiger partial charge in [-0.05, 0) is 36.1 Å².